The molecule has 8 aromatic carbocycles. The van der Waals surface area contributed by atoms with E-state index in [1.54, 1.807) is 0 Å². The fourth-order valence-electron chi connectivity index (χ4n) is 9.61. The minimum absolute atomic E-state index is 0.407. The van der Waals surface area contributed by atoms with Crippen LogP contribution in [0.5, 0.6) is 0 Å². The molecule has 2 aliphatic rings. The average molecular weight is 734 g/mol. The number of nitrogens with two attached hydrogens (primary N) is 1. The van der Waals surface area contributed by atoms with E-state index in [4.69, 9.17) is 10.7 Å². The van der Waals surface area contributed by atoms with Crippen LogP contribution in [0.2, 0.25) is 0 Å². The normalized spacial score (nSPS) is 16.0. The Labute approximate surface area is 331 Å². The molecule has 0 amide bonds. The molecule has 1 spiro atoms. The van der Waals surface area contributed by atoms with Gasteiger partial charge in [0.25, 0.3) is 0 Å². The zero-order valence-corrected chi connectivity index (χ0v) is 31.4. The van der Waals surface area contributed by atoms with Crippen LogP contribution in [0.3, 0.4) is 0 Å². The van der Waals surface area contributed by atoms with E-state index >= 15 is 0 Å². The summed E-state index contributed by atoms with van der Waals surface area (Å²) in [6.45, 7) is 0. The molecule has 1 aromatic heterocycles. The van der Waals surface area contributed by atoms with Crippen LogP contribution >= 0.6 is 0 Å². The molecule has 2 atom stereocenters. The Hall–Kier alpha value is -7.21. The Kier molecular flexibility index (Phi) is 7.53. The van der Waals surface area contributed by atoms with Crippen molar-refractivity contribution < 1.29 is 0 Å². The van der Waals surface area contributed by atoms with Gasteiger partial charge in [-0.05, 0) is 92.5 Å². The van der Waals surface area contributed by atoms with Gasteiger partial charge in [0.1, 0.15) is 12.0 Å². The Bertz CT molecular complexity index is 3040. The van der Waals surface area contributed by atoms with Crippen molar-refractivity contribution in [2.45, 2.75) is 11.6 Å². The molecule has 272 valence electrons. The third kappa shape index (κ3) is 4.89. The predicted octanol–water partition coefficient (Wildman–Crippen LogP) is 11.8. The number of para-hydroxylation sites is 3. The number of H-pyrrole nitrogens is 1. The lowest BCUT2D eigenvalue weighted by Gasteiger charge is -2.45. The molecule has 0 saturated heterocycles. The first-order valence-electron chi connectivity index (χ1n) is 19.5. The second-order valence-corrected chi connectivity index (χ2v) is 15.0. The maximum atomic E-state index is 6.69. The monoisotopic (exact) mass is 733 g/mol. The van der Waals surface area contributed by atoms with Gasteiger partial charge in [0, 0.05) is 40.1 Å². The number of aromatic nitrogens is 1. The zero-order valence-electron chi connectivity index (χ0n) is 31.4. The van der Waals surface area contributed by atoms with Gasteiger partial charge < -0.3 is 20.9 Å². The standard InChI is InChI=1S/C52H39N5/c1-54-51(56-50(53)33-16-4-2-5-17-33)39-23-9-8-20-36(39)34-28-29-43-40(30-34)37-21-10-12-24-42(37)52(43)44-25-13-15-27-48(44)57(35-18-6-3-7-19-35)49-31-41-38-22-11-14-26-46(38)55-47(41)32-45(49)52/h2-32,50,55H,53H2,1H3,(H,54,56). The van der Waals surface area contributed by atoms with Gasteiger partial charge in [-0.25, -0.2) is 0 Å². The van der Waals surface area contributed by atoms with Gasteiger partial charge in [0.15, 0.2) is 0 Å². The first-order valence-corrected chi connectivity index (χ1v) is 19.5. The van der Waals surface area contributed by atoms with Crippen molar-refractivity contribution in [3.05, 3.63) is 221 Å². The van der Waals surface area contributed by atoms with E-state index in [-0.39, 0.29) is 0 Å². The van der Waals surface area contributed by atoms with E-state index in [0.29, 0.717) is 0 Å². The molecular weight excluding hydrogens is 695 g/mol. The summed E-state index contributed by atoms with van der Waals surface area (Å²) in [7, 11) is 1.82. The van der Waals surface area contributed by atoms with Gasteiger partial charge in [-0.3, -0.25) is 4.99 Å². The highest BCUT2D eigenvalue weighted by molar-refractivity contribution is 6.11. The second-order valence-electron chi connectivity index (χ2n) is 15.0. The number of nitrogens with zero attached hydrogens (tertiary/aromatic N) is 2. The zero-order chi connectivity index (χ0) is 38.1. The van der Waals surface area contributed by atoms with E-state index in [9.17, 15) is 0 Å². The molecule has 0 fully saturated rings. The van der Waals surface area contributed by atoms with Crippen molar-refractivity contribution in [2.24, 2.45) is 10.7 Å². The highest BCUT2D eigenvalue weighted by atomic mass is 15.2. The highest BCUT2D eigenvalue weighted by Gasteiger charge is 2.52. The summed E-state index contributed by atoms with van der Waals surface area (Å²) in [5, 5.41) is 5.95. The number of hydrogen-bond acceptors (Lipinski definition) is 3. The number of benzene rings is 8. The van der Waals surface area contributed by atoms with Gasteiger partial charge in [-0.15, -0.1) is 0 Å². The summed E-state index contributed by atoms with van der Waals surface area (Å²) in [5.41, 5.74) is 23.6. The topological polar surface area (TPSA) is 69.4 Å². The van der Waals surface area contributed by atoms with Crippen LogP contribution in [0, 0.1) is 0 Å². The predicted molar refractivity (Wildman–Crippen MR) is 236 cm³/mol. The lowest BCUT2D eigenvalue weighted by molar-refractivity contribution is 0.681. The van der Waals surface area contributed by atoms with Gasteiger partial charge in [-0.2, -0.15) is 0 Å². The minimum Gasteiger partial charge on any atom is -0.354 e. The number of hydrogen-bond donors (Lipinski definition) is 3. The summed E-state index contributed by atoms with van der Waals surface area (Å²) < 4.78 is 0. The summed E-state index contributed by atoms with van der Waals surface area (Å²) in [6.07, 6.45) is -0.407. The van der Waals surface area contributed by atoms with Crippen molar-refractivity contribution in [1.29, 1.82) is 0 Å². The second kappa shape index (κ2) is 12.9. The van der Waals surface area contributed by atoms with E-state index in [1.807, 2.05) is 37.4 Å². The van der Waals surface area contributed by atoms with Gasteiger partial charge in [-0.1, -0.05) is 146 Å². The molecule has 2 heterocycles. The molecule has 5 nitrogen and oxygen atoms in total. The van der Waals surface area contributed by atoms with Crippen molar-refractivity contribution in [3.8, 4) is 22.3 Å². The van der Waals surface area contributed by atoms with Crippen LogP contribution < -0.4 is 16.0 Å². The Morgan fingerprint density at radius 1 is 0.561 bits per heavy atom. The van der Waals surface area contributed by atoms with Gasteiger partial charge in [0.05, 0.1) is 16.8 Å². The third-order valence-electron chi connectivity index (χ3n) is 12.0. The molecular formula is C52H39N5. The van der Waals surface area contributed by atoms with E-state index in [2.05, 4.69) is 173 Å². The minimum atomic E-state index is -0.577. The van der Waals surface area contributed by atoms with Crippen LogP contribution in [-0.4, -0.2) is 17.9 Å². The fraction of sp³-hybridized carbons (Fsp3) is 0.0577. The molecule has 0 radical (unpaired) electrons. The number of rotatable bonds is 5. The molecule has 2 unspecified atom stereocenters. The van der Waals surface area contributed by atoms with E-state index < -0.39 is 11.6 Å². The lowest BCUT2D eigenvalue weighted by atomic mass is 9.64. The number of aromatic amines is 1. The smallest absolute Gasteiger partial charge is 0.130 e. The number of aliphatic imine (C=N–C) groups is 1. The maximum absolute atomic E-state index is 6.69. The summed E-state index contributed by atoms with van der Waals surface area (Å²) in [5.74, 6) is 0.748. The Balaban J connectivity index is 1.15. The molecule has 5 heteroatoms. The average Bonchev–Trinajstić information content (AvgIpc) is 3.78. The van der Waals surface area contributed by atoms with Gasteiger partial charge >= 0.3 is 0 Å². The number of anilines is 3. The molecule has 11 rings (SSSR count). The van der Waals surface area contributed by atoms with E-state index in [0.717, 1.165) is 44.8 Å². The summed E-state index contributed by atoms with van der Waals surface area (Å²) in [4.78, 5) is 11.0. The van der Waals surface area contributed by atoms with Crippen molar-refractivity contribution in [3.63, 3.8) is 0 Å². The summed E-state index contributed by atoms with van der Waals surface area (Å²) >= 11 is 0. The van der Waals surface area contributed by atoms with Crippen molar-refractivity contribution >= 4 is 44.7 Å². The van der Waals surface area contributed by atoms with E-state index in [1.165, 1.54) is 55.5 Å². The van der Waals surface area contributed by atoms with Crippen LogP contribution in [0.4, 0.5) is 17.1 Å². The first-order chi connectivity index (χ1) is 28.1. The van der Waals surface area contributed by atoms with Gasteiger partial charge in [0.2, 0.25) is 0 Å². The number of fused-ring (bicyclic) bond motifs is 12. The molecule has 1 aliphatic heterocycles. The molecule has 0 saturated carbocycles. The first kappa shape index (κ1) is 33.2. The molecule has 57 heavy (non-hydrogen) atoms. The number of amidine groups is 1. The number of nitrogens with one attached hydrogen (secondary N) is 2. The largest absolute Gasteiger partial charge is 0.354 e. The van der Waals surface area contributed by atoms with Crippen LogP contribution in [0.1, 0.15) is 39.5 Å². The van der Waals surface area contributed by atoms with Crippen LogP contribution in [0.15, 0.2) is 193 Å². The Morgan fingerprint density at radius 2 is 1.23 bits per heavy atom. The third-order valence-corrected chi connectivity index (χ3v) is 12.0. The Morgan fingerprint density at radius 3 is 2.05 bits per heavy atom. The van der Waals surface area contributed by atoms with Crippen molar-refractivity contribution in [1.82, 2.24) is 10.3 Å². The fourth-order valence-corrected chi connectivity index (χ4v) is 9.61. The summed E-state index contributed by atoms with van der Waals surface area (Å²) in [6, 6.07) is 67.9. The molecule has 9 aromatic rings. The van der Waals surface area contributed by atoms with Crippen LogP contribution in [-0.2, 0) is 5.41 Å². The lowest BCUT2D eigenvalue weighted by Crippen LogP contribution is -2.36. The quantitative estimate of drug-likeness (QED) is 0.0937. The molecule has 1 aliphatic carbocycles. The maximum Gasteiger partial charge on any atom is 0.130 e. The molecule has 4 N–H and O–H groups in total. The van der Waals surface area contributed by atoms with Crippen LogP contribution in [0.25, 0.3) is 44.1 Å². The molecule has 0 bridgehead atoms. The van der Waals surface area contributed by atoms with Crippen molar-refractivity contribution in [2.75, 3.05) is 11.9 Å². The SMILES string of the molecule is CN=C(NC(N)c1ccccc1)c1ccccc1-c1ccc2c(c1)-c1ccccc1C21c2ccccc2N(c2ccccc2)c2cc3c(cc21)[nH]c1ccccc13. The highest BCUT2D eigenvalue weighted by Crippen LogP contribution is 2.64.